The number of furan rings is 1. The minimum absolute atomic E-state index is 0.891. The molecule has 3 heteroatoms. The Balaban J connectivity index is 1.24. The molecule has 0 spiro atoms. The third kappa shape index (κ3) is 4.35. The van der Waals surface area contributed by atoms with Crippen molar-refractivity contribution in [3.8, 4) is 11.1 Å². The lowest BCUT2D eigenvalue weighted by Gasteiger charge is -2.27. The zero-order chi connectivity index (χ0) is 33.5. The highest BCUT2D eigenvalue weighted by atomic mass is 32.1. The number of nitrogens with zero attached hydrogens (tertiary/aromatic N) is 1. The van der Waals surface area contributed by atoms with Crippen molar-refractivity contribution < 1.29 is 4.42 Å². The van der Waals surface area contributed by atoms with E-state index in [1.54, 1.807) is 0 Å². The van der Waals surface area contributed by atoms with Gasteiger partial charge in [0, 0.05) is 47.9 Å². The molecule has 0 atom stereocenters. The van der Waals surface area contributed by atoms with Crippen molar-refractivity contribution in [2.24, 2.45) is 0 Å². The topological polar surface area (TPSA) is 16.4 Å². The Morgan fingerprint density at radius 2 is 1.00 bits per heavy atom. The molecule has 238 valence electrons. The first-order chi connectivity index (χ1) is 25.3. The third-order valence-corrected chi connectivity index (χ3v) is 11.6. The van der Waals surface area contributed by atoms with Crippen LogP contribution in [0.5, 0.6) is 0 Å². The fourth-order valence-electron chi connectivity index (χ4n) is 8.08. The smallest absolute Gasteiger partial charge is 0.135 e. The maximum atomic E-state index is 6.30. The van der Waals surface area contributed by atoms with E-state index in [-0.39, 0.29) is 0 Å². The van der Waals surface area contributed by atoms with Gasteiger partial charge in [0.15, 0.2) is 0 Å². The van der Waals surface area contributed by atoms with E-state index in [2.05, 4.69) is 169 Å². The number of para-hydroxylation sites is 1. The van der Waals surface area contributed by atoms with Gasteiger partial charge in [-0.3, -0.25) is 0 Å². The molecule has 9 aromatic carbocycles. The van der Waals surface area contributed by atoms with Crippen molar-refractivity contribution >= 4 is 103 Å². The van der Waals surface area contributed by atoms with Gasteiger partial charge in [-0.1, -0.05) is 127 Å². The van der Waals surface area contributed by atoms with Crippen molar-refractivity contribution in [2.45, 2.75) is 0 Å². The largest absolute Gasteiger partial charge is 0.456 e. The van der Waals surface area contributed by atoms with Gasteiger partial charge in [0.2, 0.25) is 0 Å². The quantitative estimate of drug-likeness (QED) is 0.174. The lowest BCUT2D eigenvalue weighted by Crippen LogP contribution is -2.10. The Morgan fingerprint density at radius 1 is 0.392 bits per heavy atom. The third-order valence-electron chi connectivity index (χ3n) is 10.4. The highest BCUT2D eigenvalue weighted by Gasteiger charge is 2.23. The summed E-state index contributed by atoms with van der Waals surface area (Å²) in [5, 5.41) is 12.2. The number of hydrogen-bond acceptors (Lipinski definition) is 3. The SMILES string of the molecule is c1ccc2c(-c3ccc(N(c4ccc5ccc6ccccc6c5c4)c4ccc5oc6ccccc6c5c4)c4c3sc3ccccc34)cccc2c1. The second-order valence-corrected chi connectivity index (χ2v) is 14.3. The molecule has 0 unspecified atom stereocenters. The summed E-state index contributed by atoms with van der Waals surface area (Å²) < 4.78 is 8.87. The van der Waals surface area contributed by atoms with Crippen molar-refractivity contribution in [1.29, 1.82) is 0 Å². The molecule has 0 saturated carbocycles. The Kier molecular flexibility index (Phi) is 6.16. The zero-order valence-electron chi connectivity index (χ0n) is 27.5. The molecule has 2 aromatic heterocycles. The molecular formula is C48H29NOS. The Bertz CT molecular complexity index is 3160. The van der Waals surface area contributed by atoms with Crippen LogP contribution in [0, 0.1) is 0 Å². The summed E-state index contributed by atoms with van der Waals surface area (Å²) in [7, 11) is 0. The van der Waals surface area contributed by atoms with Gasteiger partial charge in [-0.2, -0.15) is 0 Å². The second-order valence-electron chi connectivity index (χ2n) is 13.3. The van der Waals surface area contributed by atoms with E-state index >= 15 is 0 Å². The summed E-state index contributed by atoms with van der Waals surface area (Å²) in [4.78, 5) is 2.46. The number of thiophene rings is 1. The van der Waals surface area contributed by atoms with Crippen molar-refractivity contribution in [3.05, 3.63) is 176 Å². The van der Waals surface area contributed by atoms with Crippen LogP contribution < -0.4 is 4.90 Å². The molecule has 51 heavy (non-hydrogen) atoms. The Hall–Kier alpha value is -6.42. The summed E-state index contributed by atoms with van der Waals surface area (Å²) in [6.45, 7) is 0. The van der Waals surface area contributed by atoms with Crippen molar-refractivity contribution in [3.63, 3.8) is 0 Å². The highest BCUT2D eigenvalue weighted by molar-refractivity contribution is 7.26. The van der Waals surface area contributed by atoms with Crippen LogP contribution in [-0.2, 0) is 0 Å². The van der Waals surface area contributed by atoms with Gasteiger partial charge in [0.1, 0.15) is 11.2 Å². The normalized spacial score (nSPS) is 11.9. The first-order valence-corrected chi connectivity index (χ1v) is 18.2. The highest BCUT2D eigenvalue weighted by Crippen LogP contribution is 2.50. The van der Waals surface area contributed by atoms with Gasteiger partial charge in [-0.15, -0.1) is 11.3 Å². The first kappa shape index (κ1) is 28.4. The molecule has 2 heterocycles. The average molecular weight is 668 g/mol. The van der Waals surface area contributed by atoms with Crippen LogP contribution in [-0.4, -0.2) is 0 Å². The van der Waals surface area contributed by atoms with Crippen LogP contribution in [0.25, 0.3) is 85.6 Å². The molecule has 11 rings (SSSR count). The minimum atomic E-state index is 0.891. The second kappa shape index (κ2) is 11.0. The number of rotatable bonds is 4. The lowest BCUT2D eigenvalue weighted by atomic mass is 9.95. The van der Waals surface area contributed by atoms with E-state index in [0.29, 0.717) is 0 Å². The standard InChI is InChI=1S/C48H29NOS/c1-3-13-35-30(10-1)12-9-17-37(35)39-25-26-43(47-40-16-6-8-19-46(40)51-48(39)47)49(34-24-27-45-42(29-34)38-15-5-7-18-44(38)50-45)33-23-22-32-21-20-31-11-2-4-14-36(31)41(32)28-33/h1-29H. The van der Waals surface area contributed by atoms with E-state index in [9.17, 15) is 0 Å². The van der Waals surface area contributed by atoms with Crippen LogP contribution in [0.1, 0.15) is 0 Å². The fourth-order valence-corrected chi connectivity index (χ4v) is 9.33. The van der Waals surface area contributed by atoms with Gasteiger partial charge in [0.25, 0.3) is 0 Å². The Morgan fingerprint density at radius 3 is 1.86 bits per heavy atom. The lowest BCUT2D eigenvalue weighted by molar-refractivity contribution is 0.669. The van der Waals surface area contributed by atoms with E-state index in [1.807, 2.05) is 23.5 Å². The summed E-state index contributed by atoms with van der Waals surface area (Å²) in [6.07, 6.45) is 0. The molecule has 0 bridgehead atoms. The molecule has 0 radical (unpaired) electrons. The number of benzene rings is 9. The van der Waals surface area contributed by atoms with Gasteiger partial charge in [-0.05, 0) is 86.4 Å². The van der Waals surface area contributed by atoms with Crippen LogP contribution in [0.15, 0.2) is 180 Å². The number of fused-ring (bicyclic) bond motifs is 10. The van der Waals surface area contributed by atoms with Crippen LogP contribution in [0.2, 0.25) is 0 Å². The molecular weight excluding hydrogens is 639 g/mol. The molecule has 0 N–H and O–H groups in total. The first-order valence-electron chi connectivity index (χ1n) is 17.3. The Labute approximate surface area is 298 Å². The van der Waals surface area contributed by atoms with Crippen molar-refractivity contribution in [2.75, 3.05) is 4.90 Å². The number of hydrogen-bond donors (Lipinski definition) is 0. The van der Waals surface area contributed by atoms with E-state index < -0.39 is 0 Å². The van der Waals surface area contributed by atoms with Gasteiger partial charge in [0.05, 0.1) is 5.69 Å². The molecule has 0 aliphatic heterocycles. The summed E-state index contributed by atoms with van der Waals surface area (Å²) >= 11 is 1.88. The molecule has 0 aliphatic rings. The van der Waals surface area contributed by atoms with Gasteiger partial charge in [-0.25, -0.2) is 0 Å². The number of anilines is 3. The summed E-state index contributed by atoms with van der Waals surface area (Å²) in [5.74, 6) is 0. The maximum Gasteiger partial charge on any atom is 0.135 e. The summed E-state index contributed by atoms with van der Waals surface area (Å²) in [5.41, 5.74) is 7.65. The molecule has 0 saturated heterocycles. The molecule has 0 amide bonds. The molecule has 2 nitrogen and oxygen atoms in total. The zero-order valence-corrected chi connectivity index (χ0v) is 28.3. The van der Waals surface area contributed by atoms with Crippen molar-refractivity contribution in [1.82, 2.24) is 0 Å². The minimum Gasteiger partial charge on any atom is -0.456 e. The van der Waals surface area contributed by atoms with Crippen LogP contribution in [0.3, 0.4) is 0 Å². The van der Waals surface area contributed by atoms with E-state index in [1.165, 1.54) is 63.6 Å². The van der Waals surface area contributed by atoms with Crippen LogP contribution in [0.4, 0.5) is 17.1 Å². The van der Waals surface area contributed by atoms with Crippen LogP contribution >= 0.6 is 11.3 Å². The monoisotopic (exact) mass is 667 g/mol. The fraction of sp³-hybridized carbons (Fsp3) is 0. The van der Waals surface area contributed by atoms with E-state index in [0.717, 1.165) is 39.0 Å². The molecule has 11 aromatic rings. The van der Waals surface area contributed by atoms with E-state index in [4.69, 9.17) is 4.42 Å². The molecule has 0 fully saturated rings. The predicted molar refractivity (Wildman–Crippen MR) is 219 cm³/mol. The summed E-state index contributed by atoms with van der Waals surface area (Å²) in [6, 6.07) is 63.9. The van der Waals surface area contributed by atoms with Gasteiger partial charge >= 0.3 is 0 Å². The molecule has 0 aliphatic carbocycles. The maximum absolute atomic E-state index is 6.30. The average Bonchev–Trinajstić information content (AvgIpc) is 3.77. The predicted octanol–water partition coefficient (Wildman–Crippen LogP) is 14.6. The van der Waals surface area contributed by atoms with Gasteiger partial charge < -0.3 is 9.32 Å².